The summed E-state index contributed by atoms with van der Waals surface area (Å²) in [7, 11) is 1.66. The van der Waals surface area contributed by atoms with Crippen LogP contribution < -0.4 is 10.1 Å². The predicted molar refractivity (Wildman–Crippen MR) is 82.6 cm³/mol. The molecule has 0 saturated carbocycles. The second-order valence-corrected chi connectivity index (χ2v) is 4.99. The summed E-state index contributed by atoms with van der Waals surface area (Å²) in [4.78, 5) is 14.2. The van der Waals surface area contributed by atoms with E-state index >= 15 is 0 Å². The lowest BCUT2D eigenvalue weighted by Crippen LogP contribution is -2.52. The van der Waals surface area contributed by atoms with Crippen LogP contribution in [0.1, 0.15) is 18.9 Å². The van der Waals surface area contributed by atoms with Gasteiger partial charge in [-0.05, 0) is 31.0 Å². The topological polar surface area (TPSA) is 41.6 Å². The fourth-order valence-corrected chi connectivity index (χ4v) is 2.40. The van der Waals surface area contributed by atoms with Crippen molar-refractivity contribution in [1.82, 2.24) is 10.2 Å². The second-order valence-electron chi connectivity index (χ2n) is 4.99. The molecule has 1 aromatic carbocycles. The zero-order chi connectivity index (χ0) is 13.7. The Morgan fingerprint density at radius 1 is 1.40 bits per heavy atom. The molecule has 0 aromatic heterocycles. The molecule has 1 N–H and O–H groups in total. The van der Waals surface area contributed by atoms with Crippen LogP contribution in [0.15, 0.2) is 24.3 Å². The summed E-state index contributed by atoms with van der Waals surface area (Å²) < 4.78 is 5.12. The number of methoxy groups -OCH3 is 1. The smallest absolute Gasteiger partial charge is 0.223 e. The summed E-state index contributed by atoms with van der Waals surface area (Å²) in [5.74, 6) is 1.11. The number of ether oxygens (including phenoxy) is 1. The molecule has 0 unspecified atom stereocenters. The summed E-state index contributed by atoms with van der Waals surface area (Å²) in [6.07, 6.45) is 1.37. The summed E-state index contributed by atoms with van der Waals surface area (Å²) in [6, 6.07) is 8.22. The predicted octanol–water partition coefficient (Wildman–Crippen LogP) is 1.87. The molecule has 20 heavy (non-hydrogen) atoms. The van der Waals surface area contributed by atoms with Crippen LogP contribution in [-0.4, -0.2) is 43.6 Å². The Morgan fingerprint density at radius 3 is 2.70 bits per heavy atom. The number of halogens is 1. The molecule has 4 nitrogen and oxygen atoms in total. The van der Waals surface area contributed by atoms with Gasteiger partial charge in [-0.1, -0.05) is 12.1 Å². The molecule has 1 fully saturated rings. The highest BCUT2D eigenvalue weighted by Crippen LogP contribution is 2.14. The van der Waals surface area contributed by atoms with Crippen LogP contribution in [0.2, 0.25) is 0 Å². The van der Waals surface area contributed by atoms with Crippen LogP contribution in [0.5, 0.6) is 5.75 Å². The highest BCUT2D eigenvalue weighted by atomic mass is 35.5. The number of hydrogen-bond donors (Lipinski definition) is 1. The van der Waals surface area contributed by atoms with Crippen LogP contribution in [-0.2, 0) is 11.2 Å². The highest BCUT2D eigenvalue weighted by Gasteiger charge is 2.22. The van der Waals surface area contributed by atoms with Gasteiger partial charge in [-0.3, -0.25) is 4.79 Å². The number of nitrogens with zero attached hydrogens (tertiary/aromatic N) is 1. The van der Waals surface area contributed by atoms with Crippen molar-refractivity contribution < 1.29 is 9.53 Å². The molecule has 0 spiro atoms. The number of hydrogen-bond acceptors (Lipinski definition) is 3. The zero-order valence-corrected chi connectivity index (χ0v) is 12.9. The SMILES string of the molecule is COc1ccc(CCC(=O)N2CCNC[C@H]2C)cc1.Cl. The minimum Gasteiger partial charge on any atom is -0.497 e. The highest BCUT2D eigenvalue weighted by molar-refractivity contribution is 5.85. The molecule has 0 aliphatic carbocycles. The largest absolute Gasteiger partial charge is 0.497 e. The van der Waals surface area contributed by atoms with Crippen molar-refractivity contribution in [2.75, 3.05) is 26.7 Å². The van der Waals surface area contributed by atoms with E-state index in [-0.39, 0.29) is 18.3 Å². The third kappa shape index (κ3) is 4.39. The van der Waals surface area contributed by atoms with E-state index in [1.165, 1.54) is 5.56 Å². The first-order chi connectivity index (χ1) is 9.20. The first-order valence-electron chi connectivity index (χ1n) is 6.84. The molecule has 1 atom stereocenters. The van der Waals surface area contributed by atoms with Crippen molar-refractivity contribution >= 4 is 18.3 Å². The first-order valence-corrected chi connectivity index (χ1v) is 6.84. The summed E-state index contributed by atoms with van der Waals surface area (Å²) in [5, 5.41) is 3.30. The monoisotopic (exact) mass is 298 g/mol. The molecule has 1 aliphatic heterocycles. The summed E-state index contributed by atoms with van der Waals surface area (Å²) in [5.41, 5.74) is 1.18. The number of nitrogens with one attached hydrogen (secondary N) is 1. The number of rotatable bonds is 4. The molecule has 1 amide bonds. The molecular weight excluding hydrogens is 276 g/mol. The van der Waals surface area contributed by atoms with Gasteiger partial charge in [0.25, 0.3) is 0 Å². The van der Waals surface area contributed by atoms with E-state index in [0.29, 0.717) is 12.5 Å². The van der Waals surface area contributed by atoms with Crippen LogP contribution in [0.25, 0.3) is 0 Å². The third-order valence-corrected chi connectivity index (χ3v) is 3.61. The fraction of sp³-hybridized carbons (Fsp3) is 0.533. The number of aryl methyl sites for hydroxylation is 1. The lowest BCUT2D eigenvalue weighted by Gasteiger charge is -2.34. The lowest BCUT2D eigenvalue weighted by atomic mass is 10.1. The molecule has 2 rings (SSSR count). The Kier molecular flexibility index (Phi) is 6.82. The molecule has 0 bridgehead atoms. The maximum atomic E-state index is 12.2. The van der Waals surface area contributed by atoms with Crippen LogP contribution in [0, 0.1) is 0 Å². The molecule has 1 aliphatic rings. The Bertz CT molecular complexity index is 422. The quantitative estimate of drug-likeness (QED) is 0.923. The Labute approximate surface area is 126 Å². The van der Waals surface area contributed by atoms with Crippen molar-refractivity contribution in [3.05, 3.63) is 29.8 Å². The fourth-order valence-electron chi connectivity index (χ4n) is 2.40. The Balaban J connectivity index is 0.00000200. The Hall–Kier alpha value is -1.26. The van der Waals surface area contributed by atoms with E-state index in [2.05, 4.69) is 12.2 Å². The van der Waals surface area contributed by atoms with Crippen LogP contribution >= 0.6 is 12.4 Å². The van der Waals surface area contributed by atoms with Gasteiger partial charge in [0.1, 0.15) is 5.75 Å². The van der Waals surface area contributed by atoms with E-state index in [0.717, 1.165) is 31.8 Å². The van der Waals surface area contributed by atoms with Crippen LogP contribution in [0.3, 0.4) is 0 Å². The molecule has 5 heteroatoms. The molecule has 1 aromatic rings. The van der Waals surface area contributed by atoms with Gasteiger partial charge in [-0.15, -0.1) is 12.4 Å². The number of carbonyl (C=O) groups excluding carboxylic acids is 1. The van der Waals surface area contributed by atoms with Gasteiger partial charge in [0, 0.05) is 32.1 Å². The molecule has 112 valence electrons. The van der Waals surface area contributed by atoms with Gasteiger partial charge in [0.2, 0.25) is 5.91 Å². The molecule has 1 heterocycles. The lowest BCUT2D eigenvalue weighted by molar-refractivity contribution is -0.133. The van der Waals surface area contributed by atoms with Crippen LogP contribution in [0.4, 0.5) is 0 Å². The molecular formula is C15H23ClN2O2. The van der Waals surface area contributed by atoms with Gasteiger partial charge in [0.05, 0.1) is 7.11 Å². The van der Waals surface area contributed by atoms with Crippen molar-refractivity contribution in [2.24, 2.45) is 0 Å². The van der Waals surface area contributed by atoms with Crippen molar-refractivity contribution in [3.63, 3.8) is 0 Å². The summed E-state index contributed by atoms with van der Waals surface area (Å²) >= 11 is 0. The van der Waals surface area contributed by atoms with Gasteiger partial charge >= 0.3 is 0 Å². The second kappa shape index (κ2) is 8.12. The van der Waals surface area contributed by atoms with Crippen molar-refractivity contribution in [2.45, 2.75) is 25.8 Å². The zero-order valence-electron chi connectivity index (χ0n) is 12.1. The number of amides is 1. The van der Waals surface area contributed by atoms with Gasteiger partial charge in [0.15, 0.2) is 0 Å². The average Bonchev–Trinajstić information content (AvgIpc) is 2.46. The summed E-state index contributed by atoms with van der Waals surface area (Å²) in [6.45, 7) is 4.72. The average molecular weight is 299 g/mol. The van der Waals surface area contributed by atoms with Gasteiger partial charge in [-0.25, -0.2) is 0 Å². The van der Waals surface area contributed by atoms with E-state index in [4.69, 9.17) is 4.74 Å². The number of benzene rings is 1. The maximum absolute atomic E-state index is 12.2. The van der Waals surface area contributed by atoms with E-state index in [1.807, 2.05) is 29.2 Å². The van der Waals surface area contributed by atoms with Crippen molar-refractivity contribution in [1.29, 1.82) is 0 Å². The number of carbonyl (C=O) groups is 1. The van der Waals surface area contributed by atoms with E-state index < -0.39 is 0 Å². The van der Waals surface area contributed by atoms with E-state index in [1.54, 1.807) is 7.11 Å². The first kappa shape index (κ1) is 16.8. The normalized spacial score (nSPS) is 18.3. The van der Waals surface area contributed by atoms with Gasteiger partial charge in [-0.2, -0.15) is 0 Å². The molecule has 0 radical (unpaired) electrons. The van der Waals surface area contributed by atoms with Crippen molar-refractivity contribution in [3.8, 4) is 5.75 Å². The minimum absolute atomic E-state index is 0. The number of piperazine rings is 1. The minimum atomic E-state index is 0. The Morgan fingerprint density at radius 2 is 2.10 bits per heavy atom. The standard InChI is InChI=1S/C15H22N2O2.ClH/c1-12-11-16-9-10-17(12)15(18)8-5-13-3-6-14(19-2)7-4-13;/h3-4,6-7,12,16H,5,8-11H2,1-2H3;1H/t12-;/m1./s1. The van der Waals surface area contributed by atoms with E-state index in [9.17, 15) is 4.79 Å². The maximum Gasteiger partial charge on any atom is 0.223 e. The molecule has 1 saturated heterocycles. The third-order valence-electron chi connectivity index (χ3n) is 3.61. The van der Waals surface area contributed by atoms with Gasteiger partial charge < -0.3 is 15.0 Å².